The Morgan fingerprint density at radius 1 is 1.39 bits per heavy atom. The van der Waals surface area contributed by atoms with Gasteiger partial charge in [0.05, 0.1) is 5.69 Å². The number of nitrogens with one attached hydrogen (secondary N) is 1. The zero-order valence-electron chi connectivity index (χ0n) is 10.3. The van der Waals surface area contributed by atoms with E-state index < -0.39 is 0 Å². The first-order valence-electron chi connectivity index (χ1n) is 6.43. The number of aromatic nitrogens is 1. The highest BCUT2D eigenvalue weighted by molar-refractivity contribution is 5.54. The molecule has 0 radical (unpaired) electrons. The highest BCUT2D eigenvalue weighted by Gasteiger charge is 2.34. The van der Waals surface area contributed by atoms with Gasteiger partial charge in [-0.1, -0.05) is 0 Å². The van der Waals surface area contributed by atoms with Crippen molar-refractivity contribution in [2.45, 2.75) is 31.3 Å². The summed E-state index contributed by atoms with van der Waals surface area (Å²) in [5, 5.41) is 12.3. The van der Waals surface area contributed by atoms with Gasteiger partial charge in [-0.15, -0.1) is 0 Å². The van der Waals surface area contributed by atoms with E-state index in [1.54, 1.807) is 6.07 Å². The number of nitrogen functional groups attached to an aromatic ring is 1. The number of pyridine rings is 1. The van der Waals surface area contributed by atoms with Gasteiger partial charge in [0.25, 0.3) is 0 Å². The van der Waals surface area contributed by atoms with Crippen molar-refractivity contribution in [3.05, 3.63) is 17.8 Å². The zero-order valence-corrected chi connectivity index (χ0v) is 10.3. The molecule has 3 rings (SSSR count). The summed E-state index contributed by atoms with van der Waals surface area (Å²) in [6.07, 6.45) is 3.85. The Balaban J connectivity index is 1.64. The molecule has 1 aromatic heterocycles. The Labute approximate surface area is 107 Å². The summed E-state index contributed by atoms with van der Waals surface area (Å²) >= 11 is 0. The predicted octanol–water partition coefficient (Wildman–Crippen LogP) is 1.18. The SMILES string of the molecule is N#Cc1nc(NC2CCN(C3CC3)C2)ccc1N. The van der Waals surface area contributed by atoms with Crippen molar-refractivity contribution in [2.75, 3.05) is 24.1 Å². The molecule has 2 fully saturated rings. The summed E-state index contributed by atoms with van der Waals surface area (Å²) in [5.41, 5.74) is 6.40. The van der Waals surface area contributed by atoms with Crippen molar-refractivity contribution >= 4 is 11.5 Å². The second-order valence-electron chi connectivity index (χ2n) is 5.10. The molecular weight excluding hydrogens is 226 g/mol. The Morgan fingerprint density at radius 2 is 2.22 bits per heavy atom. The van der Waals surface area contributed by atoms with Crippen LogP contribution in [0, 0.1) is 11.3 Å². The van der Waals surface area contributed by atoms with Crippen LogP contribution in [0.4, 0.5) is 11.5 Å². The number of likely N-dealkylation sites (tertiary alicyclic amines) is 1. The van der Waals surface area contributed by atoms with Crippen molar-refractivity contribution in [3.8, 4) is 6.07 Å². The molecule has 2 heterocycles. The lowest BCUT2D eigenvalue weighted by atomic mass is 10.2. The monoisotopic (exact) mass is 243 g/mol. The Bertz CT molecular complexity index is 489. The first kappa shape index (κ1) is 11.3. The van der Waals surface area contributed by atoms with Gasteiger partial charge in [-0.25, -0.2) is 4.98 Å². The minimum absolute atomic E-state index is 0.303. The maximum atomic E-state index is 8.90. The lowest BCUT2D eigenvalue weighted by Gasteiger charge is -2.16. The third-order valence-corrected chi connectivity index (χ3v) is 3.67. The average Bonchev–Trinajstić information content (AvgIpc) is 3.13. The van der Waals surface area contributed by atoms with E-state index in [9.17, 15) is 0 Å². The van der Waals surface area contributed by atoms with Crippen molar-refractivity contribution in [1.82, 2.24) is 9.88 Å². The number of anilines is 2. The molecule has 0 spiro atoms. The molecule has 0 amide bonds. The lowest BCUT2D eigenvalue weighted by molar-refractivity contribution is 0.326. The van der Waals surface area contributed by atoms with Crippen molar-refractivity contribution in [1.29, 1.82) is 5.26 Å². The van der Waals surface area contributed by atoms with E-state index >= 15 is 0 Å². The van der Waals surface area contributed by atoms with Gasteiger partial charge in [0.15, 0.2) is 5.69 Å². The van der Waals surface area contributed by atoms with E-state index in [2.05, 4.69) is 15.2 Å². The molecule has 1 saturated heterocycles. The van der Waals surface area contributed by atoms with Crippen LogP contribution in [0.5, 0.6) is 0 Å². The summed E-state index contributed by atoms with van der Waals surface area (Å²) in [6, 6.07) is 6.85. The van der Waals surface area contributed by atoms with Crippen LogP contribution >= 0.6 is 0 Å². The van der Waals surface area contributed by atoms with Crippen LogP contribution in [0.15, 0.2) is 12.1 Å². The van der Waals surface area contributed by atoms with Crippen LogP contribution in [0.1, 0.15) is 25.0 Å². The fraction of sp³-hybridized carbons (Fsp3) is 0.538. The second kappa shape index (κ2) is 4.46. The van der Waals surface area contributed by atoms with E-state index in [4.69, 9.17) is 11.0 Å². The van der Waals surface area contributed by atoms with Crippen molar-refractivity contribution in [2.24, 2.45) is 0 Å². The molecule has 3 N–H and O–H groups in total. The minimum atomic E-state index is 0.303. The van der Waals surface area contributed by atoms with Gasteiger partial charge in [-0.05, 0) is 31.4 Å². The van der Waals surface area contributed by atoms with Crippen molar-refractivity contribution < 1.29 is 0 Å². The Hall–Kier alpha value is -1.80. The maximum Gasteiger partial charge on any atom is 0.165 e. The molecule has 1 aliphatic heterocycles. The van der Waals surface area contributed by atoms with Crippen LogP contribution in [-0.2, 0) is 0 Å². The number of rotatable bonds is 3. The molecule has 5 nitrogen and oxygen atoms in total. The first-order valence-corrected chi connectivity index (χ1v) is 6.43. The van der Waals surface area contributed by atoms with Gasteiger partial charge in [-0.2, -0.15) is 5.26 Å². The van der Waals surface area contributed by atoms with Gasteiger partial charge in [-0.3, -0.25) is 4.90 Å². The van der Waals surface area contributed by atoms with Gasteiger partial charge in [0.1, 0.15) is 11.9 Å². The summed E-state index contributed by atoms with van der Waals surface area (Å²) in [4.78, 5) is 6.77. The molecule has 18 heavy (non-hydrogen) atoms. The normalized spacial score (nSPS) is 23.8. The van der Waals surface area contributed by atoms with E-state index in [1.807, 2.05) is 12.1 Å². The van der Waals surface area contributed by atoms with Crippen LogP contribution in [-0.4, -0.2) is 35.1 Å². The van der Waals surface area contributed by atoms with Gasteiger partial charge >= 0.3 is 0 Å². The molecule has 94 valence electrons. The smallest absolute Gasteiger partial charge is 0.165 e. The van der Waals surface area contributed by atoms with E-state index in [0.29, 0.717) is 17.4 Å². The molecule has 1 aromatic rings. The first-order chi connectivity index (χ1) is 8.76. The standard InChI is InChI=1S/C13H17N5/c14-7-12-11(15)3-4-13(17-12)16-9-5-6-18(8-9)10-1-2-10/h3-4,9-10H,1-2,5-6,8,15H2,(H,16,17). The van der Waals surface area contributed by atoms with E-state index in [1.165, 1.54) is 19.4 Å². The fourth-order valence-electron chi connectivity index (χ4n) is 2.53. The number of hydrogen-bond donors (Lipinski definition) is 2. The summed E-state index contributed by atoms with van der Waals surface area (Å²) < 4.78 is 0. The lowest BCUT2D eigenvalue weighted by Crippen LogP contribution is -2.28. The highest BCUT2D eigenvalue weighted by atomic mass is 15.2. The number of nitriles is 1. The summed E-state index contributed by atoms with van der Waals surface area (Å²) in [5.74, 6) is 0.753. The molecule has 5 heteroatoms. The molecule has 1 atom stereocenters. The molecule has 1 aliphatic carbocycles. The number of nitrogens with two attached hydrogens (primary N) is 1. The van der Waals surface area contributed by atoms with Crippen molar-refractivity contribution in [3.63, 3.8) is 0 Å². The number of hydrogen-bond acceptors (Lipinski definition) is 5. The van der Waals surface area contributed by atoms with E-state index in [0.717, 1.165) is 24.8 Å². The number of nitrogens with zero attached hydrogens (tertiary/aromatic N) is 3. The zero-order chi connectivity index (χ0) is 12.5. The Kier molecular flexibility index (Phi) is 2.80. The summed E-state index contributed by atoms with van der Waals surface area (Å²) in [7, 11) is 0. The molecule has 1 saturated carbocycles. The maximum absolute atomic E-state index is 8.90. The van der Waals surface area contributed by atoms with Crippen LogP contribution in [0.3, 0.4) is 0 Å². The van der Waals surface area contributed by atoms with Crippen LogP contribution in [0.2, 0.25) is 0 Å². The third kappa shape index (κ3) is 2.24. The molecule has 1 unspecified atom stereocenters. The van der Waals surface area contributed by atoms with Gasteiger partial charge in [0, 0.05) is 25.2 Å². The molecular formula is C13H17N5. The topological polar surface area (TPSA) is 78.0 Å². The largest absolute Gasteiger partial charge is 0.396 e. The van der Waals surface area contributed by atoms with Gasteiger partial charge in [0.2, 0.25) is 0 Å². The second-order valence-corrected chi connectivity index (χ2v) is 5.10. The minimum Gasteiger partial charge on any atom is -0.396 e. The molecule has 0 aromatic carbocycles. The predicted molar refractivity (Wildman–Crippen MR) is 70.0 cm³/mol. The quantitative estimate of drug-likeness (QED) is 0.833. The Morgan fingerprint density at radius 3 is 2.94 bits per heavy atom. The molecule has 2 aliphatic rings. The van der Waals surface area contributed by atoms with Gasteiger partial charge < -0.3 is 11.1 Å². The third-order valence-electron chi connectivity index (χ3n) is 3.67. The highest BCUT2D eigenvalue weighted by Crippen LogP contribution is 2.30. The summed E-state index contributed by atoms with van der Waals surface area (Å²) in [6.45, 7) is 2.25. The van der Waals surface area contributed by atoms with Crippen LogP contribution in [0.25, 0.3) is 0 Å². The van der Waals surface area contributed by atoms with Crippen LogP contribution < -0.4 is 11.1 Å². The molecule has 0 bridgehead atoms. The van der Waals surface area contributed by atoms with E-state index in [-0.39, 0.29) is 0 Å². The fourth-order valence-corrected chi connectivity index (χ4v) is 2.53. The average molecular weight is 243 g/mol.